The van der Waals surface area contributed by atoms with Crippen LogP contribution in [0.3, 0.4) is 0 Å². The summed E-state index contributed by atoms with van der Waals surface area (Å²) < 4.78 is 37.0. The van der Waals surface area contributed by atoms with Crippen molar-refractivity contribution in [2.75, 3.05) is 26.3 Å². The van der Waals surface area contributed by atoms with Gasteiger partial charge in [-0.15, -0.1) is 0 Å². The summed E-state index contributed by atoms with van der Waals surface area (Å²) in [6.07, 6.45) is 1.91. The summed E-state index contributed by atoms with van der Waals surface area (Å²) in [4.78, 5) is 18.1. The lowest BCUT2D eigenvalue weighted by atomic mass is 10.0. The number of nitrogens with zero attached hydrogens (tertiary/aromatic N) is 3. The standard InChI is InChI=1S/C24H28BrN3O4S2/c1-3-32-14-13-28-21-11-8-19(25)15-22(21)33-24(28)26-23(29)18-6-9-20(10-7-18)34(30,31)27-12-4-5-17(2)16-27/h6-11,15,17H,3-5,12-14,16H2,1-2H3. The van der Waals surface area contributed by atoms with Crippen LogP contribution >= 0.6 is 27.3 Å². The summed E-state index contributed by atoms with van der Waals surface area (Å²) in [5, 5.41) is 0. The molecule has 34 heavy (non-hydrogen) atoms. The number of fused-ring (bicyclic) bond motifs is 1. The van der Waals surface area contributed by atoms with E-state index in [0.717, 1.165) is 27.5 Å². The maximum Gasteiger partial charge on any atom is 0.279 e. The van der Waals surface area contributed by atoms with E-state index in [9.17, 15) is 13.2 Å². The van der Waals surface area contributed by atoms with Gasteiger partial charge in [-0.3, -0.25) is 4.79 Å². The first-order valence-corrected chi connectivity index (χ1v) is 14.4. The van der Waals surface area contributed by atoms with Gasteiger partial charge in [-0.05, 0) is 68.1 Å². The summed E-state index contributed by atoms with van der Waals surface area (Å²) in [6.45, 7) is 6.78. The highest BCUT2D eigenvalue weighted by Gasteiger charge is 2.28. The van der Waals surface area contributed by atoms with Gasteiger partial charge in [0.2, 0.25) is 10.0 Å². The summed E-state index contributed by atoms with van der Waals surface area (Å²) in [6, 6.07) is 12.0. The molecule has 0 saturated carbocycles. The number of aromatic nitrogens is 1. The minimum absolute atomic E-state index is 0.205. The van der Waals surface area contributed by atoms with E-state index in [2.05, 4.69) is 27.8 Å². The van der Waals surface area contributed by atoms with Crippen LogP contribution in [0.1, 0.15) is 37.0 Å². The molecule has 0 spiro atoms. The highest BCUT2D eigenvalue weighted by atomic mass is 79.9. The Morgan fingerprint density at radius 2 is 2.00 bits per heavy atom. The lowest BCUT2D eigenvalue weighted by molar-refractivity contribution is 0.0996. The number of hydrogen-bond acceptors (Lipinski definition) is 5. The molecule has 2 heterocycles. The van der Waals surface area contributed by atoms with Crippen LogP contribution in [-0.4, -0.2) is 49.5 Å². The van der Waals surface area contributed by atoms with Gasteiger partial charge in [0.25, 0.3) is 5.91 Å². The number of rotatable bonds is 7. The molecule has 2 aromatic carbocycles. The van der Waals surface area contributed by atoms with Crippen LogP contribution in [0.2, 0.25) is 0 Å². The van der Waals surface area contributed by atoms with E-state index in [1.807, 2.05) is 29.7 Å². The Hall–Kier alpha value is -1.85. The molecule has 1 aliphatic rings. The van der Waals surface area contributed by atoms with Crippen LogP contribution in [0.15, 0.2) is 56.8 Å². The number of sulfonamides is 1. The number of ether oxygens (including phenoxy) is 1. The molecule has 1 unspecified atom stereocenters. The van der Waals surface area contributed by atoms with Crippen LogP contribution in [0, 0.1) is 5.92 Å². The molecule has 1 fully saturated rings. The number of carbonyl (C=O) groups is 1. The average molecular weight is 567 g/mol. The van der Waals surface area contributed by atoms with Crippen LogP contribution < -0.4 is 4.80 Å². The van der Waals surface area contributed by atoms with Crippen LogP contribution in [0.5, 0.6) is 0 Å². The third kappa shape index (κ3) is 5.52. The van der Waals surface area contributed by atoms with Crippen molar-refractivity contribution in [1.82, 2.24) is 8.87 Å². The highest BCUT2D eigenvalue weighted by molar-refractivity contribution is 9.10. The molecule has 1 atom stereocenters. The normalized spacial score (nSPS) is 18.0. The third-order valence-corrected chi connectivity index (χ3v) is 9.28. The van der Waals surface area contributed by atoms with E-state index in [-0.39, 0.29) is 4.90 Å². The molecule has 0 radical (unpaired) electrons. The third-order valence-electron chi connectivity index (χ3n) is 5.86. The second kappa shape index (κ2) is 10.8. The molecule has 1 aromatic heterocycles. The van der Waals surface area contributed by atoms with Crippen LogP contribution in [0.25, 0.3) is 10.2 Å². The van der Waals surface area contributed by atoms with Gasteiger partial charge in [-0.2, -0.15) is 9.30 Å². The molecular weight excluding hydrogens is 538 g/mol. The monoisotopic (exact) mass is 565 g/mol. The van der Waals surface area contributed by atoms with Gasteiger partial charge < -0.3 is 9.30 Å². The molecule has 10 heteroatoms. The molecule has 182 valence electrons. The molecule has 0 aliphatic carbocycles. The number of amides is 1. The Morgan fingerprint density at radius 1 is 1.24 bits per heavy atom. The second-order valence-electron chi connectivity index (χ2n) is 8.40. The predicted octanol–water partition coefficient (Wildman–Crippen LogP) is 4.66. The van der Waals surface area contributed by atoms with E-state index < -0.39 is 15.9 Å². The minimum atomic E-state index is -3.57. The Morgan fingerprint density at radius 3 is 2.71 bits per heavy atom. The molecule has 0 N–H and O–H groups in total. The fraction of sp³-hybridized carbons (Fsp3) is 0.417. The minimum Gasteiger partial charge on any atom is -0.380 e. The lowest BCUT2D eigenvalue weighted by Gasteiger charge is -2.30. The molecule has 1 amide bonds. The van der Waals surface area contributed by atoms with Crippen LogP contribution in [-0.2, 0) is 21.3 Å². The first-order valence-electron chi connectivity index (χ1n) is 11.4. The van der Waals surface area contributed by atoms with Gasteiger partial charge in [0.05, 0.1) is 21.7 Å². The van der Waals surface area contributed by atoms with E-state index in [1.54, 1.807) is 16.4 Å². The van der Waals surface area contributed by atoms with E-state index in [4.69, 9.17) is 4.74 Å². The first kappa shape index (κ1) is 25.2. The molecule has 7 nitrogen and oxygen atoms in total. The molecule has 4 rings (SSSR count). The van der Waals surface area contributed by atoms with Gasteiger partial charge in [0, 0.05) is 36.3 Å². The zero-order chi connectivity index (χ0) is 24.3. The van der Waals surface area contributed by atoms with E-state index in [1.165, 1.54) is 23.5 Å². The van der Waals surface area contributed by atoms with Crippen molar-refractivity contribution >= 4 is 53.4 Å². The highest BCUT2D eigenvalue weighted by Crippen LogP contribution is 2.24. The van der Waals surface area contributed by atoms with Crippen molar-refractivity contribution < 1.29 is 17.9 Å². The molecule has 1 aliphatic heterocycles. The van der Waals surface area contributed by atoms with Crippen molar-refractivity contribution in [3.63, 3.8) is 0 Å². The topological polar surface area (TPSA) is 81.0 Å². The molecule has 0 bridgehead atoms. The summed E-state index contributed by atoms with van der Waals surface area (Å²) in [5.74, 6) is -0.0640. The van der Waals surface area contributed by atoms with Crippen molar-refractivity contribution in [3.05, 3.63) is 57.3 Å². The quantitative estimate of drug-likeness (QED) is 0.390. The SMILES string of the molecule is CCOCCn1c(=NC(=O)c2ccc(S(=O)(=O)N3CCCC(C)C3)cc2)sc2cc(Br)ccc21. The summed E-state index contributed by atoms with van der Waals surface area (Å²) in [5.41, 5.74) is 1.33. The van der Waals surface area contributed by atoms with Crippen molar-refractivity contribution in [1.29, 1.82) is 0 Å². The van der Waals surface area contributed by atoms with Gasteiger partial charge in [-0.25, -0.2) is 8.42 Å². The Balaban J connectivity index is 1.62. The Bertz CT molecular complexity index is 1350. The maximum atomic E-state index is 13.0. The molecule has 1 saturated heterocycles. The van der Waals surface area contributed by atoms with Crippen molar-refractivity contribution in [3.8, 4) is 0 Å². The molecule has 3 aromatic rings. The fourth-order valence-electron chi connectivity index (χ4n) is 4.08. The maximum absolute atomic E-state index is 13.0. The Labute approximate surface area is 212 Å². The van der Waals surface area contributed by atoms with Crippen LogP contribution in [0.4, 0.5) is 0 Å². The zero-order valence-corrected chi connectivity index (χ0v) is 22.5. The van der Waals surface area contributed by atoms with Crippen molar-refractivity contribution in [2.45, 2.75) is 38.1 Å². The lowest BCUT2D eigenvalue weighted by Crippen LogP contribution is -2.39. The summed E-state index contributed by atoms with van der Waals surface area (Å²) in [7, 11) is -3.57. The van der Waals surface area contributed by atoms with E-state index in [0.29, 0.717) is 49.1 Å². The first-order chi connectivity index (χ1) is 16.3. The van der Waals surface area contributed by atoms with Gasteiger partial charge in [-0.1, -0.05) is 34.2 Å². The van der Waals surface area contributed by atoms with E-state index >= 15 is 0 Å². The number of benzene rings is 2. The Kier molecular flexibility index (Phi) is 8.04. The van der Waals surface area contributed by atoms with Crippen molar-refractivity contribution in [2.24, 2.45) is 10.9 Å². The summed E-state index contributed by atoms with van der Waals surface area (Å²) >= 11 is 4.93. The fourth-order valence-corrected chi connectivity index (χ4v) is 7.29. The van der Waals surface area contributed by atoms with Gasteiger partial charge in [0.15, 0.2) is 4.80 Å². The molecular formula is C24H28BrN3O4S2. The number of halogens is 1. The van der Waals surface area contributed by atoms with Gasteiger partial charge >= 0.3 is 0 Å². The number of thiazole rings is 1. The predicted molar refractivity (Wildman–Crippen MR) is 138 cm³/mol. The second-order valence-corrected chi connectivity index (χ2v) is 12.3. The average Bonchev–Trinajstić information content (AvgIpc) is 3.15. The number of piperidine rings is 1. The number of carbonyl (C=O) groups excluding carboxylic acids is 1. The zero-order valence-electron chi connectivity index (χ0n) is 19.2. The van der Waals surface area contributed by atoms with Gasteiger partial charge in [0.1, 0.15) is 0 Å². The smallest absolute Gasteiger partial charge is 0.279 e. The number of hydrogen-bond donors (Lipinski definition) is 0. The largest absolute Gasteiger partial charge is 0.380 e.